The van der Waals surface area contributed by atoms with Gasteiger partial charge in [0, 0.05) is 23.2 Å². The van der Waals surface area contributed by atoms with Gasteiger partial charge in [0.15, 0.2) is 5.54 Å². The molecule has 7 nitrogen and oxygen atoms in total. The molecule has 15 heavy (non-hydrogen) atoms. The Balaban J connectivity index is 0.000000336. The third kappa shape index (κ3) is 7.25. The van der Waals surface area contributed by atoms with Crippen molar-refractivity contribution in [2.45, 2.75) is 37.6 Å². The van der Waals surface area contributed by atoms with Gasteiger partial charge in [0.05, 0.1) is 0 Å². The van der Waals surface area contributed by atoms with Crippen LogP contribution in [-0.4, -0.2) is 34.1 Å². The largest absolute Gasteiger partial charge is 0.759 e. The van der Waals surface area contributed by atoms with Gasteiger partial charge < -0.3 is 19.9 Å². The topological polar surface area (TPSA) is 145 Å². The second-order valence-corrected chi connectivity index (χ2v) is 4.37. The summed E-state index contributed by atoms with van der Waals surface area (Å²) in [7, 11) is -5.17. The van der Waals surface area contributed by atoms with Crippen LogP contribution < -0.4 is 5.73 Å². The number of hydrogen-bond acceptors (Lipinski definition) is 5. The standard InChI is InChI=1S/C7H13NO2.H2O4S/c8-7(6(9)10)4-2-1-3-5-7;1-5(2,3)4/h1-5,8H2,(H,9,10);(H2,1,2,3,4)/p-1. The van der Waals surface area contributed by atoms with Gasteiger partial charge in [-0.05, 0) is 12.8 Å². The average Bonchev–Trinajstić information content (AvgIpc) is 2.02. The molecule has 0 radical (unpaired) electrons. The maximum absolute atomic E-state index is 10.6. The summed E-state index contributed by atoms with van der Waals surface area (Å²) in [6.45, 7) is 0. The van der Waals surface area contributed by atoms with Crippen LogP contribution in [0, 0.1) is 0 Å². The molecule has 0 bridgehead atoms. The highest BCUT2D eigenvalue weighted by Crippen LogP contribution is 2.23. The van der Waals surface area contributed by atoms with Gasteiger partial charge in [-0.3, -0.25) is 8.42 Å². The summed E-state index contributed by atoms with van der Waals surface area (Å²) in [5, 5.41) is 8.74. The number of aliphatic carboxylic acids is 1. The molecule has 0 heterocycles. The summed E-state index contributed by atoms with van der Waals surface area (Å²) in [6, 6.07) is 0. The quantitative estimate of drug-likeness (QED) is 0.429. The van der Waals surface area contributed by atoms with Crippen LogP contribution in [0.15, 0.2) is 0 Å². The van der Waals surface area contributed by atoms with Crippen molar-refractivity contribution >= 4 is 16.4 Å². The van der Waals surface area contributed by atoms with Crippen molar-refractivity contribution < 1.29 is 33.2 Å². The molecule has 0 aromatic rings. The van der Waals surface area contributed by atoms with Crippen LogP contribution in [-0.2, 0) is 15.2 Å². The minimum absolute atomic E-state index is 0.655. The predicted molar refractivity (Wildman–Crippen MR) is 46.8 cm³/mol. The summed E-state index contributed by atoms with van der Waals surface area (Å²) >= 11 is 0. The van der Waals surface area contributed by atoms with Gasteiger partial charge in [0.1, 0.15) is 0 Å². The first-order valence-corrected chi connectivity index (χ1v) is 5.74. The number of carbonyl (C=O) groups is 1. The van der Waals surface area contributed by atoms with Crippen LogP contribution in [0.2, 0.25) is 0 Å². The summed E-state index contributed by atoms with van der Waals surface area (Å²) in [6.07, 6.45) is 4.72. The molecule has 4 N–H and O–H groups in total. The molecule has 1 rings (SSSR count). The Morgan fingerprint density at radius 3 is 1.73 bits per heavy atom. The smallest absolute Gasteiger partial charge is 0.365 e. The van der Waals surface area contributed by atoms with Crippen molar-refractivity contribution in [1.29, 1.82) is 0 Å². The summed E-state index contributed by atoms with van der Waals surface area (Å²) in [5.41, 5.74) is 3.07. The lowest BCUT2D eigenvalue weighted by atomic mass is 9.83. The molecule has 0 aromatic carbocycles. The van der Waals surface area contributed by atoms with Crippen molar-refractivity contribution in [3.05, 3.63) is 0 Å². The maximum atomic E-state index is 10.6. The van der Waals surface area contributed by atoms with E-state index in [1.54, 1.807) is 0 Å². The first-order chi connectivity index (χ1) is 6.65. The monoisotopic (exact) mass is 240 g/mol. The molecule has 1 aliphatic carbocycles. The number of rotatable bonds is 1. The van der Waals surface area contributed by atoms with E-state index in [4.69, 9.17) is 22.6 Å². The van der Waals surface area contributed by atoms with Gasteiger partial charge in [-0.15, -0.1) is 0 Å². The highest BCUT2D eigenvalue weighted by molar-refractivity contribution is 7.79. The second kappa shape index (κ2) is 5.40. The Morgan fingerprint density at radius 1 is 1.20 bits per heavy atom. The van der Waals surface area contributed by atoms with E-state index in [-0.39, 0.29) is 0 Å². The molecule has 1 fully saturated rings. The van der Waals surface area contributed by atoms with Crippen LogP contribution in [0.25, 0.3) is 0 Å². The van der Waals surface area contributed by atoms with E-state index in [1.165, 1.54) is 6.42 Å². The van der Waals surface area contributed by atoms with Crippen molar-refractivity contribution in [3.8, 4) is 0 Å². The molecule has 0 spiro atoms. The lowest BCUT2D eigenvalue weighted by molar-refractivity contribution is -0.468. The van der Waals surface area contributed by atoms with Gasteiger partial charge in [-0.25, -0.2) is 4.79 Å². The zero-order valence-corrected chi connectivity index (χ0v) is 8.96. The fourth-order valence-corrected chi connectivity index (χ4v) is 1.44. The fourth-order valence-electron chi connectivity index (χ4n) is 1.44. The van der Waals surface area contributed by atoms with E-state index in [0.717, 1.165) is 25.7 Å². The third-order valence-corrected chi connectivity index (χ3v) is 2.26. The minimum atomic E-state index is -5.17. The van der Waals surface area contributed by atoms with Crippen molar-refractivity contribution in [3.63, 3.8) is 0 Å². The van der Waals surface area contributed by atoms with E-state index in [9.17, 15) is 4.79 Å². The molecule has 0 unspecified atom stereocenters. The van der Waals surface area contributed by atoms with E-state index >= 15 is 0 Å². The maximum Gasteiger partial charge on any atom is 0.365 e. The van der Waals surface area contributed by atoms with Gasteiger partial charge in [-0.1, -0.05) is 6.42 Å². The second-order valence-electron chi connectivity index (χ2n) is 3.55. The van der Waals surface area contributed by atoms with E-state index in [1.807, 2.05) is 0 Å². The Kier molecular flexibility index (Phi) is 5.15. The van der Waals surface area contributed by atoms with Gasteiger partial charge in [-0.2, -0.15) is 0 Å². The molecule has 1 aliphatic rings. The molecular formula is C7H14NO6S-. The molecule has 0 saturated heterocycles. The van der Waals surface area contributed by atoms with Gasteiger partial charge in [0.25, 0.3) is 0 Å². The molecule has 0 amide bonds. The first-order valence-electron chi connectivity index (χ1n) is 4.41. The Bertz CT molecular complexity index is 297. The molecular weight excluding hydrogens is 226 g/mol. The van der Waals surface area contributed by atoms with Gasteiger partial charge >= 0.3 is 5.97 Å². The summed E-state index contributed by atoms with van der Waals surface area (Å²) in [4.78, 5) is 10.6. The molecule has 0 aromatic heterocycles. The molecule has 90 valence electrons. The van der Waals surface area contributed by atoms with Crippen molar-refractivity contribution in [2.75, 3.05) is 0 Å². The third-order valence-electron chi connectivity index (χ3n) is 2.26. The zero-order valence-electron chi connectivity index (χ0n) is 8.14. The van der Waals surface area contributed by atoms with Crippen LogP contribution in [0.3, 0.4) is 0 Å². The highest BCUT2D eigenvalue weighted by atomic mass is 32.3. The van der Waals surface area contributed by atoms with Crippen LogP contribution >= 0.6 is 0 Å². The number of carboxylic acids is 1. The Labute approximate surface area is 87.9 Å². The van der Waals surface area contributed by atoms with Crippen molar-refractivity contribution in [2.24, 2.45) is 0 Å². The zero-order chi connectivity index (χ0) is 12.1. The lowest BCUT2D eigenvalue weighted by Crippen LogP contribution is -2.77. The molecule has 0 aliphatic heterocycles. The predicted octanol–water partition coefficient (Wildman–Crippen LogP) is -1.32. The molecule has 1 saturated carbocycles. The van der Waals surface area contributed by atoms with Gasteiger partial charge in [0.2, 0.25) is 0 Å². The SMILES string of the molecule is O=S(=O)([O-])[O-].[NH3+]C1(C(=O)O)CCCCC1. The first kappa shape index (κ1) is 14.3. The van der Waals surface area contributed by atoms with E-state index < -0.39 is 21.9 Å². The van der Waals surface area contributed by atoms with Crippen LogP contribution in [0.5, 0.6) is 0 Å². The number of quaternary nitrogens is 1. The van der Waals surface area contributed by atoms with Crippen LogP contribution in [0.4, 0.5) is 0 Å². The van der Waals surface area contributed by atoms with Crippen molar-refractivity contribution in [1.82, 2.24) is 0 Å². The average molecular weight is 240 g/mol. The highest BCUT2D eigenvalue weighted by Gasteiger charge is 2.39. The lowest BCUT2D eigenvalue weighted by Gasteiger charge is -2.24. The number of carboxylic acid groups (broad SMARTS) is 1. The fraction of sp³-hybridized carbons (Fsp3) is 0.857. The molecule has 0 atom stereocenters. The minimum Gasteiger partial charge on any atom is -0.759 e. The molecule has 8 heteroatoms. The van der Waals surface area contributed by atoms with E-state index in [2.05, 4.69) is 5.73 Å². The Morgan fingerprint density at radius 2 is 1.53 bits per heavy atom. The number of hydrogen-bond donors (Lipinski definition) is 2. The normalized spacial score (nSPS) is 19.9. The van der Waals surface area contributed by atoms with Crippen LogP contribution in [0.1, 0.15) is 32.1 Å². The Hall–Kier alpha value is -0.700. The summed E-state index contributed by atoms with van der Waals surface area (Å²) < 4.78 is 34.1. The van der Waals surface area contributed by atoms with E-state index in [0.29, 0.717) is 0 Å². The summed E-state index contributed by atoms with van der Waals surface area (Å²) in [5.74, 6) is -0.729.